The Morgan fingerprint density at radius 1 is 1.06 bits per heavy atom. The highest BCUT2D eigenvalue weighted by Gasteiger charge is 2.52. The predicted octanol–water partition coefficient (Wildman–Crippen LogP) is 3.70. The maximum Gasteiger partial charge on any atom is 0.320 e. The van der Waals surface area contributed by atoms with Crippen LogP contribution in [0.25, 0.3) is 0 Å². The normalized spacial score (nSPS) is 16.1. The van der Waals surface area contributed by atoms with Crippen LogP contribution in [0.1, 0.15) is 11.1 Å². The van der Waals surface area contributed by atoms with E-state index in [2.05, 4.69) is 0 Å². The molecule has 0 spiro atoms. The van der Waals surface area contributed by atoms with Gasteiger partial charge in [0.15, 0.2) is 5.60 Å². The Hall–Kier alpha value is -2.62. The molecule has 3 aromatic rings. The van der Waals surface area contributed by atoms with Gasteiger partial charge in [-0.3, -0.25) is 4.79 Å². The molecule has 0 aromatic heterocycles. The fourth-order valence-corrected chi connectivity index (χ4v) is 5.52. The number of hydrogen-bond donors (Lipinski definition) is 2. The lowest BCUT2D eigenvalue weighted by Crippen LogP contribution is -2.64. The van der Waals surface area contributed by atoms with E-state index in [0.717, 1.165) is 5.56 Å². The molecule has 1 aliphatic rings. The number of nitrogens with two attached hydrogens (primary N) is 1. The lowest BCUT2D eigenvalue weighted by Gasteiger charge is -2.48. The smallest absolute Gasteiger partial charge is 0.320 e. The van der Waals surface area contributed by atoms with E-state index in [1.165, 1.54) is 16.4 Å². The molecule has 7 nitrogen and oxygen atoms in total. The maximum atomic E-state index is 13.3. The minimum atomic E-state index is -3.81. The van der Waals surface area contributed by atoms with E-state index in [0.29, 0.717) is 16.3 Å². The number of ether oxygens (including phenoxy) is 1. The molecule has 10 heteroatoms. The van der Waals surface area contributed by atoms with Gasteiger partial charge in [-0.05, 0) is 53.9 Å². The first kappa shape index (κ1) is 26.0. The quantitative estimate of drug-likeness (QED) is 0.466. The van der Waals surface area contributed by atoms with Crippen LogP contribution >= 0.6 is 24.0 Å². The highest BCUT2D eigenvalue weighted by molar-refractivity contribution is 7.89. The summed E-state index contributed by atoms with van der Waals surface area (Å²) in [5.41, 5.74) is 6.17. The summed E-state index contributed by atoms with van der Waals surface area (Å²) >= 11 is 5.98. The van der Waals surface area contributed by atoms with E-state index in [1.807, 2.05) is 30.3 Å². The minimum absolute atomic E-state index is 0. The third-order valence-corrected chi connectivity index (χ3v) is 7.64. The highest BCUT2D eigenvalue weighted by Crippen LogP contribution is 2.40. The molecule has 1 atom stereocenters. The second-order valence-corrected chi connectivity index (χ2v) is 10.4. The topological polar surface area (TPSA) is 110 Å². The number of hydrogen-bond acceptors (Lipinski definition) is 5. The number of rotatable bonds is 8. The van der Waals surface area contributed by atoms with Crippen LogP contribution in [0.5, 0.6) is 5.75 Å². The van der Waals surface area contributed by atoms with Crippen molar-refractivity contribution in [2.75, 3.05) is 13.1 Å². The third kappa shape index (κ3) is 5.37. The monoisotopic (exact) mass is 522 g/mol. The van der Waals surface area contributed by atoms with E-state index < -0.39 is 27.6 Å². The van der Waals surface area contributed by atoms with Gasteiger partial charge >= 0.3 is 5.97 Å². The van der Waals surface area contributed by atoms with E-state index in [-0.39, 0.29) is 36.8 Å². The first-order chi connectivity index (χ1) is 15.7. The zero-order valence-corrected chi connectivity index (χ0v) is 20.4. The number of carbonyl (C=O) groups is 1. The number of halogens is 2. The molecule has 4 rings (SSSR count). The van der Waals surface area contributed by atoms with Crippen LogP contribution in [0.3, 0.4) is 0 Å². The van der Waals surface area contributed by atoms with Crippen LogP contribution in [0, 0.1) is 0 Å². The van der Waals surface area contributed by atoms with Crippen molar-refractivity contribution in [1.29, 1.82) is 0 Å². The van der Waals surface area contributed by atoms with Gasteiger partial charge in [-0.1, -0.05) is 54.1 Å². The van der Waals surface area contributed by atoms with Crippen molar-refractivity contribution < 1.29 is 23.1 Å². The molecular formula is C24H24Cl2N2O5S. The Labute approximate surface area is 209 Å². The maximum absolute atomic E-state index is 13.3. The van der Waals surface area contributed by atoms with Gasteiger partial charge in [-0.25, -0.2) is 8.42 Å². The molecule has 0 radical (unpaired) electrons. The zero-order valence-electron chi connectivity index (χ0n) is 18.0. The molecule has 180 valence electrons. The zero-order chi connectivity index (χ0) is 23.6. The van der Waals surface area contributed by atoms with Crippen LogP contribution in [0.2, 0.25) is 5.02 Å². The van der Waals surface area contributed by atoms with E-state index in [1.54, 1.807) is 36.4 Å². The van der Waals surface area contributed by atoms with Gasteiger partial charge in [0.2, 0.25) is 10.0 Å². The first-order valence-corrected chi connectivity index (χ1v) is 12.1. The van der Waals surface area contributed by atoms with Gasteiger partial charge in [0.25, 0.3) is 0 Å². The van der Waals surface area contributed by atoms with Crippen molar-refractivity contribution in [2.24, 2.45) is 5.73 Å². The van der Waals surface area contributed by atoms with Gasteiger partial charge in [0.05, 0.1) is 18.0 Å². The first-order valence-electron chi connectivity index (χ1n) is 10.3. The molecule has 1 saturated heterocycles. The largest absolute Gasteiger partial charge is 0.480 e. The van der Waals surface area contributed by atoms with E-state index in [9.17, 15) is 13.2 Å². The fraction of sp³-hybridized carbons (Fsp3) is 0.208. The predicted molar refractivity (Wildman–Crippen MR) is 132 cm³/mol. The fourth-order valence-electron chi connectivity index (χ4n) is 3.79. The molecule has 1 aliphatic heterocycles. The Kier molecular flexibility index (Phi) is 7.90. The summed E-state index contributed by atoms with van der Waals surface area (Å²) < 4.78 is 34.3. The van der Waals surface area contributed by atoms with Crippen LogP contribution in [-0.4, -0.2) is 42.9 Å². The van der Waals surface area contributed by atoms with Crippen LogP contribution in [0.4, 0.5) is 0 Å². The number of aliphatic carboxylic acids is 1. The molecule has 3 N–H and O–H groups in total. The number of carboxylic acids is 1. The second kappa shape index (κ2) is 10.3. The van der Waals surface area contributed by atoms with Gasteiger partial charge in [0.1, 0.15) is 11.8 Å². The van der Waals surface area contributed by atoms with Crippen molar-refractivity contribution >= 4 is 40.0 Å². The van der Waals surface area contributed by atoms with Gasteiger partial charge in [0, 0.05) is 5.02 Å². The Balaban J connectivity index is 0.00000324. The Bertz CT molecular complexity index is 1250. The average molecular weight is 523 g/mol. The number of carboxylic acid groups (broad SMARTS) is 1. The highest BCUT2D eigenvalue weighted by atomic mass is 35.5. The summed E-state index contributed by atoms with van der Waals surface area (Å²) in [7, 11) is -3.81. The second-order valence-electron chi connectivity index (χ2n) is 7.99. The lowest BCUT2D eigenvalue weighted by atomic mass is 9.87. The summed E-state index contributed by atoms with van der Waals surface area (Å²) in [6, 6.07) is 21.5. The number of sulfonamides is 1. The molecule has 3 aromatic carbocycles. The molecule has 34 heavy (non-hydrogen) atoms. The minimum Gasteiger partial charge on any atom is -0.480 e. The molecule has 1 fully saturated rings. The molecule has 0 unspecified atom stereocenters. The van der Waals surface area contributed by atoms with Crippen LogP contribution < -0.4 is 10.5 Å². The summed E-state index contributed by atoms with van der Waals surface area (Å²) in [6.07, 6.45) is 0.0341. The standard InChI is InChI=1S/C24H23ClN2O5S.ClH/c25-19-9-11-20(12-10-19)32-24(18-6-2-1-3-7-18)15-27(16-24)33(30,31)21-8-4-5-17(13-21)14-22(26)23(28)29;/h1-13,22H,14-16,26H2,(H,28,29);1H/t22-;/m0./s1. The van der Waals surface area contributed by atoms with E-state index in [4.69, 9.17) is 27.2 Å². The third-order valence-electron chi connectivity index (χ3n) is 5.60. The molecule has 1 heterocycles. The van der Waals surface area contributed by atoms with Crippen LogP contribution in [-0.2, 0) is 26.8 Å². The number of benzene rings is 3. The molecule has 0 amide bonds. The Morgan fingerprint density at radius 2 is 1.71 bits per heavy atom. The van der Waals surface area contributed by atoms with Gasteiger partial charge < -0.3 is 15.6 Å². The summed E-state index contributed by atoms with van der Waals surface area (Å²) in [4.78, 5) is 11.1. The summed E-state index contributed by atoms with van der Waals surface area (Å²) in [5, 5.41) is 9.62. The molecule has 0 aliphatic carbocycles. The molecule has 0 saturated carbocycles. The number of nitrogens with zero attached hydrogens (tertiary/aromatic N) is 1. The van der Waals surface area contributed by atoms with E-state index >= 15 is 0 Å². The molecule has 0 bridgehead atoms. The van der Waals surface area contributed by atoms with Crippen molar-refractivity contribution in [3.63, 3.8) is 0 Å². The molecular weight excluding hydrogens is 499 g/mol. The van der Waals surface area contributed by atoms with Crippen molar-refractivity contribution in [3.8, 4) is 5.75 Å². The lowest BCUT2D eigenvalue weighted by molar-refractivity contribution is -0.138. The van der Waals surface area contributed by atoms with Crippen molar-refractivity contribution in [1.82, 2.24) is 4.31 Å². The SMILES string of the molecule is Cl.N[C@@H](Cc1cccc(S(=O)(=O)N2CC(Oc3ccc(Cl)cc3)(c3ccccc3)C2)c1)C(=O)O. The van der Waals surface area contributed by atoms with Gasteiger partial charge in [-0.15, -0.1) is 12.4 Å². The Morgan fingerprint density at radius 3 is 2.32 bits per heavy atom. The summed E-state index contributed by atoms with van der Waals surface area (Å²) in [6.45, 7) is 0.252. The van der Waals surface area contributed by atoms with Crippen LogP contribution in [0.15, 0.2) is 83.8 Å². The van der Waals surface area contributed by atoms with Crippen molar-refractivity contribution in [3.05, 3.63) is 95.0 Å². The van der Waals surface area contributed by atoms with Gasteiger partial charge in [-0.2, -0.15) is 4.31 Å². The van der Waals surface area contributed by atoms with Crippen molar-refractivity contribution in [2.45, 2.75) is 23.0 Å². The average Bonchev–Trinajstić information content (AvgIpc) is 2.78. The summed E-state index contributed by atoms with van der Waals surface area (Å²) in [5.74, 6) is -0.553.